The van der Waals surface area contributed by atoms with Crippen LogP contribution in [0.25, 0.3) is 0 Å². The normalized spacial score (nSPS) is 11.8. The first kappa shape index (κ1) is 25.5. The smallest absolute Gasteiger partial charge is 0.261 e. The van der Waals surface area contributed by atoms with Crippen LogP contribution in [0.2, 0.25) is 10.0 Å². The molecule has 0 bridgehead atoms. The number of benzene rings is 2. The number of ether oxygens (including phenoxy) is 1. The molecule has 31 heavy (non-hydrogen) atoms. The molecule has 0 spiro atoms. The molecule has 0 saturated carbocycles. The molecule has 8 heteroatoms. The SMILES string of the molecule is CC[C@H](C(=O)NCC(C)C)N(Cc1ccc(Cl)c(Cl)c1)C(=O)COc1ccc(Br)cc1. The van der Waals surface area contributed by atoms with Gasteiger partial charge in [0.05, 0.1) is 10.0 Å². The maximum absolute atomic E-state index is 13.1. The summed E-state index contributed by atoms with van der Waals surface area (Å²) in [6, 6.07) is 11.8. The van der Waals surface area contributed by atoms with Crippen LogP contribution in [0, 0.1) is 5.92 Å². The van der Waals surface area contributed by atoms with Crippen molar-refractivity contribution in [2.24, 2.45) is 5.92 Å². The number of amides is 2. The van der Waals surface area contributed by atoms with Crippen LogP contribution in [0.3, 0.4) is 0 Å². The average molecular weight is 530 g/mol. The number of rotatable bonds is 10. The van der Waals surface area contributed by atoms with Crippen molar-refractivity contribution >= 4 is 50.9 Å². The Kier molecular flexibility index (Phi) is 10.1. The topological polar surface area (TPSA) is 58.6 Å². The van der Waals surface area contributed by atoms with Crippen molar-refractivity contribution in [1.29, 1.82) is 0 Å². The van der Waals surface area contributed by atoms with E-state index in [4.69, 9.17) is 27.9 Å². The van der Waals surface area contributed by atoms with Gasteiger partial charge < -0.3 is 15.0 Å². The van der Waals surface area contributed by atoms with E-state index >= 15 is 0 Å². The second-order valence-corrected chi connectivity index (χ2v) is 9.31. The molecule has 0 fully saturated rings. The Morgan fingerprint density at radius 2 is 1.77 bits per heavy atom. The lowest BCUT2D eigenvalue weighted by Gasteiger charge is -2.31. The Bertz CT molecular complexity index is 891. The highest BCUT2D eigenvalue weighted by molar-refractivity contribution is 9.10. The van der Waals surface area contributed by atoms with E-state index in [2.05, 4.69) is 21.2 Å². The molecular weight excluding hydrogens is 503 g/mol. The third-order valence-electron chi connectivity index (χ3n) is 4.58. The Balaban J connectivity index is 2.21. The van der Waals surface area contributed by atoms with Crippen molar-refractivity contribution in [3.8, 4) is 5.75 Å². The summed E-state index contributed by atoms with van der Waals surface area (Å²) in [6.45, 7) is 6.49. The molecule has 0 unspecified atom stereocenters. The highest BCUT2D eigenvalue weighted by Crippen LogP contribution is 2.24. The van der Waals surface area contributed by atoms with Crippen LogP contribution >= 0.6 is 39.1 Å². The summed E-state index contributed by atoms with van der Waals surface area (Å²) in [5, 5.41) is 3.76. The van der Waals surface area contributed by atoms with Gasteiger partial charge in [0.1, 0.15) is 11.8 Å². The summed E-state index contributed by atoms with van der Waals surface area (Å²) in [7, 11) is 0. The van der Waals surface area contributed by atoms with Gasteiger partial charge in [-0.15, -0.1) is 0 Å². The van der Waals surface area contributed by atoms with Gasteiger partial charge in [0.25, 0.3) is 5.91 Å². The maximum Gasteiger partial charge on any atom is 0.261 e. The quantitative estimate of drug-likeness (QED) is 0.428. The molecule has 2 aromatic carbocycles. The number of hydrogen-bond acceptors (Lipinski definition) is 3. The molecule has 1 N–H and O–H groups in total. The van der Waals surface area contributed by atoms with Crippen molar-refractivity contribution < 1.29 is 14.3 Å². The summed E-state index contributed by atoms with van der Waals surface area (Å²) in [5.41, 5.74) is 0.779. The number of carbonyl (C=O) groups is 2. The number of hydrogen-bond donors (Lipinski definition) is 1. The van der Waals surface area contributed by atoms with Crippen LogP contribution in [0.5, 0.6) is 5.75 Å². The largest absolute Gasteiger partial charge is 0.484 e. The molecule has 168 valence electrons. The van der Waals surface area contributed by atoms with E-state index in [9.17, 15) is 9.59 Å². The van der Waals surface area contributed by atoms with Gasteiger partial charge >= 0.3 is 0 Å². The van der Waals surface area contributed by atoms with Crippen LogP contribution in [0.1, 0.15) is 32.8 Å². The third kappa shape index (κ3) is 8.02. The predicted molar refractivity (Wildman–Crippen MR) is 129 cm³/mol. The van der Waals surface area contributed by atoms with E-state index in [-0.39, 0.29) is 25.0 Å². The first-order valence-electron chi connectivity index (χ1n) is 10.1. The number of nitrogens with zero attached hydrogens (tertiary/aromatic N) is 1. The summed E-state index contributed by atoms with van der Waals surface area (Å²) in [4.78, 5) is 27.5. The number of carbonyl (C=O) groups excluding carboxylic acids is 2. The van der Waals surface area contributed by atoms with Gasteiger partial charge in [-0.05, 0) is 54.3 Å². The minimum absolute atomic E-state index is 0.184. The van der Waals surface area contributed by atoms with Crippen LogP contribution in [0.15, 0.2) is 46.9 Å². The van der Waals surface area contributed by atoms with E-state index in [1.54, 1.807) is 30.3 Å². The molecule has 0 saturated heterocycles. The van der Waals surface area contributed by atoms with Crippen LogP contribution in [-0.2, 0) is 16.1 Å². The zero-order valence-corrected chi connectivity index (χ0v) is 20.9. The highest BCUT2D eigenvalue weighted by atomic mass is 79.9. The average Bonchev–Trinajstić information content (AvgIpc) is 2.74. The van der Waals surface area contributed by atoms with Gasteiger partial charge in [-0.1, -0.05) is 66.0 Å². The molecule has 2 rings (SSSR count). The van der Waals surface area contributed by atoms with Crippen molar-refractivity contribution in [1.82, 2.24) is 10.2 Å². The fourth-order valence-electron chi connectivity index (χ4n) is 2.94. The van der Waals surface area contributed by atoms with E-state index in [0.717, 1.165) is 10.0 Å². The van der Waals surface area contributed by atoms with Gasteiger partial charge in [0.15, 0.2) is 6.61 Å². The Morgan fingerprint density at radius 3 is 2.35 bits per heavy atom. The Hall–Kier alpha value is -1.76. The molecule has 0 aromatic heterocycles. The monoisotopic (exact) mass is 528 g/mol. The van der Waals surface area contributed by atoms with Gasteiger partial charge in [0.2, 0.25) is 5.91 Å². The second-order valence-electron chi connectivity index (χ2n) is 7.58. The Labute approximate surface area is 202 Å². The molecule has 5 nitrogen and oxygen atoms in total. The summed E-state index contributed by atoms with van der Waals surface area (Å²) in [6.07, 6.45) is 0.468. The first-order valence-corrected chi connectivity index (χ1v) is 11.7. The van der Waals surface area contributed by atoms with Crippen molar-refractivity contribution in [3.05, 3.63) is 62.5 Å². The highest BCUT2D eigenvalue weighted by Gasteiger charge is 2.29. The standard InChI is InChI=1S/C23H27BrCl2N2O3/c1-4-21(23(30)27-12-15(2)3)28(13-16-5-10-19(25)20(26)11-16)22(29)14-31-18-8-6-17(24)7-9-18/h5-11,15,21H,4,12-14H2,1-3H3,(H,27,30)/t21-/m1/s1. The number of nitrogens with one attached hydrogen (secondary N) is 1. The first-order chi connectivity index (χ1) is 14.7. The zero-order chi connectivity index (χ0) is 23.0. The van der Waals surface area contributed by atoms with E-state index in [1.807, 2.05) is 32.9 Å². The van der Waals surface area contributed by atoms with Gasteiger partial charge in [0, 0.05) is 17.6 Å². The predicted octanol–water partition coefficient (Wildman–Crippen LogP) is 5.71. The minimum atomic E-state index is -0.630. The third-order valence-corrected chi connectivity index (χ3v) is 5.85. The van der Waals surface area contributed by atoms with E-state index in [0.29, 0.717) is 34.7 Å². The summed E-state index contributed by atoms with van der Waals surface area (Å²) >= 11 is 15.5. The van der Waals surface area contributed by atoms with Gasteiger partial charge in [-0.25, -0.2) is 0 Å². The lowest BCUT2D eigenvalue weighted by molar-refractivity contribution is -0.143. The van der Waals surface area contributed by atoms with Crippen molar-refractivity contribution in [2.45, 2.75) is 39.8 Å². The van der Waals surface area contributed by atoms with Gasteiger partial charge in [-0.3, -0.25) is 9.59 Å². The molecule has 0 radical (unpaired) electrons. The molecule has 1 atom stereocenters. The summed E-state index contributed by atoms with van der Waals surface area (Å²) in [5.74, 6) is 0.401. The van der Waals surface area contributed by atoms with Crippen LogP contribution < -0.4 is 10.1 Å². The van der Waals surface area contributed by atoms with Crippen LogP contribution in [0.4, 0.5) is 0 Å². The lowest BCUT2D eigenvalue weighted by Crippen LogP contribution is -2.50. The minimum Gasteiger partial charge on any atom is -0.484 e. The molecule has 0 heterocycles. The molecule has 0 aliphatic heterocycles. The van der Waals surface area contributed by atoms with E-state index in [1.165, 1.54) is 4.90 Å². The molecule has 2 amide bonds. The van der Waals surface area contributed by atoms with Crippen molar-refractivity contribution in [3.63, 3.8) is 0 Å². The van der Waals surface area contributed by atoms with Gasteiger partial charge in [-0.2, -0.15) is 0 Å². The number of halogens is 3. The summed E-state index contributed by atoms with van der Waals surface area (Å²) < 4.78 is 6.58. The lowest BCUT2D eigenvalue weighted by atomic mass is 10.1. The second kappa shape index (κ2) is 12.3. The molecule has 0 aliphatic rings. The van der Waals surface area contributed by atoms with E-state index < -0.39 is 6.04 Å². The zero-order valence-electron chi connectivity index (χ0n) is 17.8. The fourth-order valence-corrected chi connectivity index (χ4v) is 3.52. The molecule has 2 aromatic rings. The van der Waals surface area contributed by atoms with Crippen molar-refractivity contribution in [2.75, 3.05) is 13.2 Å². The van der Waals surface area contributed by atoms with Crippen LogP contribution in [-0.4, -0.2) is 35.9 Å². The molecular formula is C23H27BrCl2N2O3. The fraction of sp³-hybridized carbons (Fsp3) is 0.391. The maximum atomic E-state index is 13.1. The molecule has 0 aliphatic carbocycles. The Morgan fingerprint density at radius 1 is 1.10 bits per heavy atom.